The lowest BCUT2D eigenvalue weighted by Crippen LogP contribution is -2.21. The van der Waals surface area contributed by atoms with Crippen LogP contribution in [0.5, 0.6) is 0 Å². The summed E-state index contributed by atoms with van der Waals surface area (Å²) in [6.45, 7) is 2.51. The number of rotatable bonds is 3. The summed E-state index contributed by atoms with van der Waals surface area (Å²) < 4.78 is 0. The Morgan fingerprint density at radius 3 is 3.06 bits per heavy atom. The van der Waals surface area contributed by atoms with Crippen LogP contribution in [0.3, 0.4) is 0 Å². The highest BCUT2D eigenvalue weighted by Crippen LogP contribution is 2.23. The van der Waals surface area contributed by atoms with Gasteiger partial charge in [-0.2, -0.15) is 0 Å². The minimum atomic E-state index is -0.0739. The molecule has 0 aliphatic rings. The molecule has 1 amide bonds. The number of amides is 1. The molecule has 1 N–H and O–H groups in total. The van der Waals surface area contributed by atoms with Gasteiger partial charge in [0.2, 0.25) is 0 Å². The molecule has 0 radical (unpaired) electrons. The molecule has 0 aliphatic heterocycles. The van der Waals surface area contributed by atoms with Crippen molar-refractivity contribution in [2.24, 2.45) is 0 Å². The SMILES string of the molecule is CCNC(=O)c1cnc(-c2cccnc2)s1. The Kier molecular flexibility index (Phi) is 3.26. The van der Waals surface area contributed by atoms with Crippen molar-refractivity contribution in [1.82, 2.24) is 15.3 Å². The highest BCUT2D eigenvalue weighted by atomic mass is 32.1. The zero-order chi connectivity index (χ0) is 11.4. The van der Waals surface area contributed by atoms with Crippen LogP contribution in [0, 0.1) is 0 Å². The van der Waals surface area contributed by atoms with E-state index < -0.39 is 0 Å². The monoisotopic (exact) mass is 233 g/mol. The fourth-order valence-corrected chi connectivity index (χ4v) is 2.07. The normalized spacial score (nSPS) is 10.1. The van der Waals surface area contributed by atoms with Crippen LogP contribution in [0.15, 0.2) is 30.7 Å². The Hall–Kier alpha value is -1.75. The lowest BCUT2D eigenvalue weighted by Gasteiger charge is -1.96. The van der Waals surface area contributed by atoms with Crippen LogP contribution in [-0.4, -0.2) is 22.4 Å². The predicted molar refractivity (Wildman–Crippen MR) is 63.4 cm³/mol. The second-order valence-electron chi connectivity index (χ2n) is 3.13. The first-order valence-corrected chi connectivity index (χ1v) is 5.77. The van der Waals surface area contributed by atoms with E-state index in [4.69, 9.17) is 0 Å². The summed E-state index contributed by atoms with van der Waals surface area (Å²) in [6.07, 6.45) is 5.04. The molecule has 0 fully saturated rings. The molecule has 2 heterocycles. The maximum Gasteiger partial charge on any atom is 0.263 e. The molecular formula is C11H11N3OS. The number of carbonyl (C=O) groups is 1. The van der Waals surface area contributed by atoms with Gasteiger partial charge in [0.25, 0.3) is 5.91 Å². The topological polar surface area (TPSA) is 54.9 Å². The quantitative estimate of drug-likeness (QED) is 0.881. The van der Waals surface area contributed by atoms with E-state index in [0.717, 1.165) is 10.6 Å². The lowest BCUT2D eigenvalue weighted by atomic mass is 10.3. The van der Waals surface area contributed by atoms with Gasteiger partial charge < -0.3 is 5.32 Å². The second kappa shape index (κ2) is 4.85. The van der Waals surface area contributed by atoms with Gasteiger partial charge in [0.1, 0.15) is 9.88 Å². The number of carbonyl (C=O) groups excluding carboxylic acids is 1. The van der Waals surface area contributed by atoms with Crippen LogP contribution in [0.4, 0.5) is 0 Å². The molecule has 0 aliphatic carbocycles. The van der Waals surface area contributed by atoms with Crippen LogP contribution < -0.4 is 5.32 Å². The number of aromatic nitrogens is 2. The van der Waals surface area contributed by atoms with Crippen LogP contribution in [0.2, 0.25) is 0 Å². The van der Waals surface area contributed by atoms with Gasteiger partial charge in [-0.15, -0.1) is 11.3 Å². The number of nitrogens with zero attached hydrogens (tertiary/aromatic N) is 2. The van der Waals surface area contributed by atoms with Crippen LogP contribution in [0.1, 0.15) is 16.6 Å². The Balaban J connectivity index is 2.23. The van der Waals surface area contributed by atoms with Crippen molar-refractivity contribution in [2.45, 2.75) is 6.92 Å². The van der Waals surface area contributed by atoms with Crippen LogP contribution in [-0.2, 0) is 0 Å². The van der Waals surface area contributed by atoms with E-state index in [1.807, 2.05) is 19.1 Å². The molecule has 2 aromatic heterocycles. The predicted octanol–water partition coefficient (Wildman–Crippen LogP) is 1.95. The van der Waals surface area contributed by atoms with Gasteiger partial charge in [-0.25, -0.2) is 4.98 Å². The Bertz CT molecular complexity index is 481. The van der Waals surface area contributed by atoms with Crippen molar-refractivity contribution in [2.75, 3.05) is 6.54 Å². The maximum atomic E-state index is 11.5. The van der Waals surface area contributed by atoms with E-state index in [-0.39, 0.29) is 5.91 Å². The second-order valence-corrected chi connectivity index (χ2v) is 4.16. The van der Waals surface area contributed by atoms with Gasteiger partial charge in [0.15, 0.2) is 0 Å². The molecule has 4 nitrogen and oxygen atoms in total. The Morgan fingerprint density at radius 2 is 2.38 bits per heavy atom. The summed E-state index contributed by atoms with van der Waals surface area (Å²) in [7, 11) is 0. The molecule has 2 rings (SSSR count). The fraction of sp³-hybridized carbons (Fsp3) is 0.182. The largest absolute Gasteiger partial charge is 0.352 e. The van der Waals surface area contributed by atoms with Crippen molar-refractivity contribution < 1.29 is 4.79 Å². The van der Waals surface area contributed by atoms with Gasteiger partial charge >= 0.3 is 0 Å². The van der Waals surface area contributed by atoms with Crippen molar-refractivity contribution >= 4 is 17.2 Å². The van der Waals surface area contributed by atoms with E-state index in [0.29, 0.717) is 11.4 Å². The Labute approximate surface area is 97.4 Å². The van der Waals surface area contributed by atoms with Crippen molar-refractivity contribution in [3.8, 4) is 10.6 Å². The number of pyridine rings is 1. The molecule has 2 aromatic rings. The minimum Gasteiger partial charge on any atom is -0.352 e. The standard InChI is InChI=1S/C11H11N3OS/c1-2-13-10(15)9-7-14-11(16-9)8-4-3-5-12-6-8/h3-7H,2H2,1H3,(H,13,15). The first-order chi connectivity index (χ1) is 7.81. The molecule has 5 heteroatoms. The first kappa shape index (κ1) is 10.8. The van der Waals surface area contributed by atoms with Crippen LogP contribution >= 0.6 is 11.3 Å². The van der Waals surface area contributed by atoms with Gasteiger partial charge in [0.05, 0.1) is 6.20 Å². The summed E-state index contributed by atoms with van der Waals surface area (Å²) >= 11 is 1.37. The molecular weight excluding hydrogens is 222 g/mol. The molecule has 0 spiro atoms. The summed E-state index contributed by atoms with van der Waals surface area (Å²) in [4.78, 5) is 20.4. The third-order valence-electron chi connectivity index (χ3n) is 1.98. The third kappa shape index (κ3) is 2.25. The number of thiazole rings is 1. The average Bonchev–Trinajstić information content (AvgIpc) is 2.80. The zero-order valence-corrected chi connectivity index (χ0v) is 9.62. The summed E-state index contributed by atoms with van der Waals surface area (Å²) in [5.41, 5.74) is 0.933. The van der Waals surface area contributed by atoms with E-state index in [2.05, 4.69) is 15.3 Å². The molecule has 0 bridgehead atoms. The number of hydrogen-bond donors (Lipinski definition) is 1. The van der Waals surface area contributed by atoms with E-state index >= 15 is 0 Å². The summed E-state index contributed by atoms with van der Waals surface area (Å²) in [5, 5.41) is 3.56. The molecule has 0 atom stereocenters. The number of nitrogens with one attached hydrogen (secondary N) is 1. The minimum absolute atomic E-state index is 0.0739. The zero-order valence-electron chi connectivity index (χ0n) is 8.80. The molecule has 82 valence electrons. The van der Waals surface area contributed by atoms with Gasteiger partial charge in [0, 0.05) is 24.5 Å². The summed E-state index contributed by atoms with van der Waals surface area (Å²) in [6, 6.07) is 3.77. The smallest absolute Gasteiger partial charge is 0.263 e. The van der Waals surface area contributed by atoms with Crippen molar-refractivity contribution in [1.29, 1.82) is 0 Å². The van der Waals surface area contributed by atoms with Crippen molar-refractivity contribution in [3.63, 3.8) is 0 Å². The molecule has 0 saturated heterocycles. The maximum absolute atomic E-state index is 11.5. The fourth-order valence-electron chi connectivity index (χ4n) is 1.25. The van der Waals surface area contributed by atoms with E-state index in [9.17, 15) is 4.79 Å². The van der Waals surface area contributed by atoms with Gasteiger partial charge in [-0.3, -0.25) is 9.78 Å². The average molecular weight is 233 g/mol. The summed E-state index contributed by atoms with van der Waals surface area (Å²) in [5.74, 6) is -0.0739. The first-order valence-electron chi connectivity index (χ1n) is 4.95. The van der Waals surface area contributed by atoms with Gasteiger partial charge in [-0.05, 0) is 19.1 Å². The van der Waals surface area contributed by atoms with Crippen molar-refractivity contribution in [3.05, 3.63) is 35.6 Å². The Morgan fingerprint density at radius 1 is 1.50 bits per heavy atom. The number of hydrogen-bond acceptors (Lipinski definition) is 4. The van der Waals surface area contributed by atoms with Gasteiger partial charge in [-0.1, -0.05) is 0 Å². The van der Waals surface area contributed by atoms with E-state index in [1.54, 1.807) is 18.6 Å². The molecule has 0 aromatic carbocycles. The molecule has 16 heavy (non-hydrogen) atoms. The van der Waals surface area contributed by atoms with E-state index in [1.165, 1.54) is 11.3 Å². The van der Waals surface area contributed by atoms with Crippen LogP contribution in [0.25, 0.3) is 10.6 Å². The molecule has 0 unspecified atom stereocenters. The molecule has 0 saturated carbocycles. The highest BCUT2D eigenvalue weighted by Gasteiger charge is 2.10. The lowest BCUT2D eigenvalue weighted by molar-refractivity contribution is 0.0959. The highest BCUT2D eigenvalue weighted by molar-refractivity contribution is 7.16. The third-order valence-corrected chi connectivity index (χ3v) is 3.02.